The van der Waals surface area contributed by atoms with Gasteiger partial charge in [-0.2, -0.15) is 17.0 Å². The van der Waals surface area contributed by atoms with Crippen LogP contribution in [0, 0.1) is 6.92 Å². The summed E-state index contributed by atoms with van der Waals surface area (Å²) in [5.41, 5.74) is 0. The Morgan fingerprint density at radius 1 is 1.38 bits per heavy atom. The number of furan rings is 1. The van der Waals surface area contributed by atoms with Gasteiger partial charge in [0.05, 0.1) is 12.0 Å². The molecule has 8 heteroatoms. The van der Waals surface area contributed by atoms with E-state index in [2.05, 4.69) is 5.32 Å². The lowest BCUT2D eigenvalue weighted by Gasteiger charge is -2.20. The molecule has 1 fully saturated rings. The molecule has 0 spiro atoms. The fourth-order valence-electron chi connectivity index (χ4n) is 2.54. The molecule has 1 aliphatic heterocycles. The molecule has 118 valence electrons. The van der Waals surface area contributed by atoms with Crippen LogP contribution in [0.1, 0.15) is 24.4 Å². The van der Waals surface area contributed by atoms with Crippen molar-refractivity contribution in [3.05, 3.63) is 23.7 Å². The van der Waals surface area contributed by atoms with Crippen molar-refractivity contribution >= 4 is 16.1 Å². The fourth-order valence-corrected chi connectivity index (χ4v) is 3.70. The molecule has 0 radical (unpaired) electrons. The topological polar surface area (TPSA) is 82.9 Å². The zero-order chi connectivity index (χ0) is 15.8. The summed E-state index contributed by atoms with van der Waals surface area (Å²) in [4.78, 5) is 11.4. The second-order valence-electron chi connectivity index (χ2n) is 5.47. The van der Waals surface area contributed by atoms with Crippen LogP contribution in [0.3, 0.4) is 0 Å². The molecule has 0 saturated carbocycles. The first-order chi connectivity index (χ1) is 9.71. The van der Waals surface area contributed by atoms with E-state index in [4.69, 9.17) is 4.42 Å². The van der Waals surface area contributed by atoms with Crippen LogP contribution in [0.15, 0.2) is 16.5 Å². The first-order valence-corrected chi connectivity index (χ1v) is 8.12. The van der Waals surface area contributed by atoms with Gasteiger partial charge in [0, 0.05) is 34.1 Å². The van der Waals surface area contributed by atoms with Crippen molar-refractivity contribution in [2.75, 3.05) is 27.2 Å². The molecule has 21 heavy (non-hydrogen) atoms. The molecular weight excluding hydrogens is 294 g/mol. The Kier molecular flexibility index (Phi) is 4.40. The summed E-state index contributed by atoms with van der Waals surface area (Å²) in [5, 5.41) is 2.82. The number of nitrogens with one attached hydrogen (secondary N) is 1. The summed E-state index contributed by atoms with van der Waals surface area (Å²) < 4.78 is 32.7. The normalized spacial score (nSPS) is 23.7. The third kappa shape index (κ3) is 3.28. The Labute approximate surface area is 125 Å². The molecule has 0 aliphatic carbocycles. The lowest BCUT2D eigenvalue weighted by molar-refractivity contribution is -0.119. The van der Waals surface area contributed by atoms with Gasteiger partial charge in [-0.05, 0) is 19.1 Å². The van der Waals surface area contributed by atoms with Crippen molar-refractivity contribution in [1.82, 2.24) is 13.9 Å². The summed E-state index contributed by atoms with van der Waals surface area (Å²) in [6.45, 7) is 3.79. The van der Waals surface area contributed by atoms with Crippen molar-refractivity contribution in [1.29, 1.82) is 0 Å². The molecule has 7 nitrogen and oxygen atoms in total. The smallest absolute Gasteiger partial charge is 0.281 e. The number of carbonyl (C=O) groups excluding carboxylic acids is 1. The molecule has 0 unspecified atom stereocenters. The zero-order valence-electron chi connectivity index (χ0n) is 12.7. The minimum absolute atomic E-state index is 0.183. The second-order valence-corrected chi connectivity index (χ2v) is 7.61. The van der Waals surface area contributed by atoms with E-state index in [0.29, 0.717) is 12.3 Å². The van der Waals surface area contributed by atoms with Crippen LogP contribution in [0.2, 0.25) is 0 Å². The first-order valence-electron chi connectivity index (χ1n) is 6.73. The number of hydrogen-bond acceptors (Lipinski definition) is 4. The molecule has 0 aromatic carbocycles. The molecule has 1 aromatic rings. The minimum Gasteiger partial charge on any atom is -0.466 e. The molecule has 0 bridgehead atoms. The van der Waals surface area contributed by atoms with Gasteiger partial charge in [0.25, 0.3) is 10.2 Å². The fraction of sp³-hybridized carbons (Fsp3) is 0.615. The zero-order valence-corrected chi connectivity index (χ0v) is 13.5. The van der Waals surface area contributed by atoms with Gasteiger partial charge in [0.15, 0.2) is 0 Å². The van der Waals surface area contributed by atoms with Gasteiger partial charge in [-0.3, -0.25) is 4.79 Å². The standard InChI is InChI=1S/C13H21N3O4S/c1-9-5-6-13(20-9)11-7-16(21(18,19)15(3)4)8-12(11)14-10(2)17/h5-6,11-12H,7-8H2,1-4H3,(H,14,17)/t11-,12-/m0/s1. The molecule has 1 N–H and O–H groups in total. The number of hydrogen-bond donors (Lipinski definition) is 1. The molecule has 2 rings (SSSR count). The number of aryl methyl sites for hydroxylation is 1. The van der Waals surface area contributed by atoms with E-state index >= 15 is 0 Å². The average molecular weight is 315 g/mol. The number of nitrogens with zero attached hydrogens (tertiary/aromatic N) is 2. The second kappa shape index (κ2) is 5.78. The highest BCUT2D eigenvalue weighted by molar-refractivity contribution is 7.86. The number of rotatable bonds is 4. The van der Waals surface area contributed by atoms with Crippen molar-refractivity contribution in [2.45, 2.75) is 25.8 Å². The summed E-state index contributed by atoms with van der Waals surface area (Å²) in [5.74, 6) is 1.10. The molecule has 1 aliphatic rings. The van der Waals surface area contributed by atoms with E-state index in [1.165, 1.54) is 29.6 Å². The number of amides is 1. The SMILES string of the molecule is CC(=O)N[C@H]1CN(S(=O)(=O)N(C)C)C[C@@H]1c1ccc(C)o1. The lowest BCUT2D eigenvalue weighted by Crippen LogP contribution is -2.42. The highest BCUT2D eigenvalue weighted by Gasteiger charge is 2.42. The van der Waals surface area contributed by atoms with Crippen molar-refractivity contribution in [2.24, 2.45) is 0 Å². The van der Waals surface area contributed by atoms with E-state index in [9.17, 15) is 13.2 Å². The maximum Gasteiger partial charge on any atom is 0.281 e. The Balaban J connectivity index is 2.28. The third-order valence-corrected chi connectivity index (χ3v) is 5.46. The van der Waals surface area contributed by atoms with Crippen LogP contribution in [-0.4, -0.2) is 56.2 Å². The Morgan fingerprint density at radius 2 is 2.05 bits per heavy atom. The van der Waals surface area contributed by atoms with E-state index in [1.54, 1.807) is 0 Å². The Hall–Kier alpha value is -1.38. The van der Waals surface area contributed by atoms with Gasteiger partial charge in [-0.25, -0.2) is 0 Å². The largest absolute Gasteiger partial charge is 0.466 e. The van der Waals surface area contributed by atoms with E-state index in [0.717, 1.165) is 5.76 Å². The van der Waals surface area contributed by atoms with Crippen LogP contribution < -0.4 is 5.32 Å². The van der Waals surface area contributed by atoms with E-state index in [-0.39, 0.29) is 24.4 Å². The van der Waals surface area contributed by atoms with Crippen molar-refractivity contribution in [3.8, 4) is 0 Å². The molecule has 1 saturated heterocycles. The van der Waals surface area contributed by atoms with Gasteiger partial charge >= 0.3 is 0 Å². The maximum atomic E-state index is 12.3. The van der Waals surface area contributed by atoms with Crippen LogP contribution >= 0.6 is 0 Å². The van der Waals surface area contributed by atoms with Gasteiger partial charge < -0.3 is 9.73 Å². The molecule has 1 aromatic heterocycles. The quantitative estimate of drug-likeness (QED) is 0.866. The first kappa shape index (κ1) is 16.0. The molecule has 2 atom stereocenters. The van der Waals surface area contributed by atoms with Crippen LogP contribution in [0.4, 0.5) is 0 Å². The summed E-state index contributed by atoms with van der Waals surface area (Å²) in [6, 6.07) is 3.38. The summed E-state index contributed by atoms with van der Waals surface area (Å²) >= 11 is 0. The van der Waals surface area contributed by atoms with Gasteiger partial charge in [0.2, 0.25) is 5.91 Å². The molecule has 1 amide bonds. The van der Waals surface area contributed by atoms with Crippen LogP contribution in [-0.2, 0) is 15.0 Å². The predicted octanol–water partition coefficient (Wildman–Crippen LogP) is 0.298. The van der Waals surface area contributed by atoms with E-state index < -0.39 is 10.2 Å². The van der Waals surface area contributed by atoms with Crippen molar-refractivity contribution in [3.63, 3.8) is 0 Å². The predicted molar refractivity (Wildman–Crippen MR) is 78.0 cm³/mol. The van der Waals surface area contributed by atoms with Crippen molar-refractivity contribution < 1.29 is 17.6 Å². The van der Waals surface area contributed by atoms with Gasteiger partial charge in [-0.1, -0.05) is 0 Å². The molecule has 2 heterocycles. The Bertz CT molecular complexity index is 623. The lowest BCUT2D eigenvalue weighted by atomic mass is 10.0. The van der Waals surface area contributed by atoms with Crippen LogP contribution in [0.5, 0.6) is 0 Å². The minimum atomic E-state index is -3.51. The average Bonchev–Trinajstić information content (AvgIpc) is 2.94. The maximum absolute atomic E-state index is 12.3. The highest BCUT2D eigenvalue weighted by Crippen LogP contribution is 2.31. The van der Waals surface area contributed by atoms with E-state index in [1.807, 2.05) is 19.1 Å². The summed E-state index contributed by atoms with van der Waals surface area (Å²) in [6.07, 6.45) is 0. The Morgan fingerprint density at radius 3 is 2.52 bits per heavy atom. The van der Waals surface area contributed by atoms with Gasteiger partial charge in [0.1, 0.15) is 11.5 Å². The highest BCUT2D eigenvalue weighted by atomic mass is 32.2. The van der Waals surface area contributed by atoms with Gasteiger partial charge in [-0.15, -0.1) is 0 Å². The summed E-state index contributed by atoms with van der Waals surface area (Å²) in [7, 11) is -0.519. The van der Waals surface area contributed by atoms with Crippen LogP contribution in [0.25, 0.3) is 0 Å². The number of carbonyl (C=O) groups is 1. The third-order valence-electron chi connectivity index (χ3n) is 3.59. The monoisotopic (exact) mass is 315 g/mol. The molecular formula is C13H21N3O4S.